The van der Waals surface area contributed by atoms with Crippen LogP contribution < -0.4 is 5.32 Å². The molecule has 1 aromatic carbocycles. The maximum Gasteiger partial charge on any atom is 0.183 e. The van der Waals surface area contributed by atoms with Crippen LogP contribution in [0, 0.1) is 13.8 Å². The molecule has 0 aliphatic carbocycles. The topological polar surface area (TPSA) is 87.7 Å². The Hall–Kier alpha value is -2.41. The highest BCUT2D eigenvalue weighted by molar-refractivity contribution is 7.92. The van der Waals surface area contributed by atoms with E-state index >= 15 is 0 Å². The Balaban J connectivity index is 2.14. The average Bonchev–Trinajstić information content (AvgIpc) is 2.96. The Morgan fingerprint density at radius 1 is 1.17 bits per heavy atom. The Labute approximate surface area is 173 Å². The number of hydrogen-bond acceptors (Lipinski definition) is 5. The summed E-state index contributed by atoms with van der Waals surface area (Å²) in [6, 6.07) is 5.57. The van der Waals surface area contributed by atoms with E-state index in [1.54, 1.807) is 33.0 Å². The van der Waals surface area contributed by atoms with Crippen molar-refractivity contribution in [3.63, 3.8) is 0 Å². The molecular weight excluding hydrogens is 384 g/mol. The van der Waals surface area contributed by atoms with Crippen LogP contribution in [0.25, 0.3) is 10.9 Å². The van der Waals surface area contributed by atoms with Gasteiger partial charge in [0.15, 0.2) is 9.84 Å². The summed E-state index contributed by atoms with van der Waals surface area (Å²) in [7, 11) is -3.50. The normalized spacial score (nSPS) is 12.7. The molecule has 0 aliphatic rings. The molecule has 2 heterocycles. The third-order valence-corrected chi connectivity index (χ3v) is 7.94. The van der Waals surface area contributed by atoms with Gasteiger partial charge in [0.2, 0.25) is 0 Å². The number of hydrogen-bond donors (Lipinski definition) is 2. The molecule has 7 heteroatoms. The zero-order valence-electron chi connectivity index (χ0n) is 18.2. The first-order chi connectivity index (χ1) is 13.4. The molecule has 2 N–H and O–H groups in total. The summed E-state index contributed by atoms with van der Waals surface area (Å²) in [4.78, 5) is 4.87. The molecular formula is C22H30N4O2S. The van der Waals surface area contributed by atoms with E-state index < -0.39 is 14.6 Å². The first-order valence-corrected chi connectivity index (χ1v) is 11.3. The summed E-state index contributed by atoms with van der Waals surface area (Å²) >= 11 is 0. The molecule has 0 fully saturated rings. The molecule has 0 aliphatic heterocycles. The number of nitrogens with zero attached hydrogens (tertiary/aromatic N) is 2. The van der Waals surface area contributed by atoms with Crippen molar-refractivity contribution >= 4 is 26.4 Å². The third kappa shape index (κ3) is 3.88. The summed E-state index contributed by atoms with van der Waals surface area (Å²) in [6.07, 6.45) is 1.75. The Bertz CT molecular complexity index is 1160. The van der Waals surface area contributed by atoms with Gasteiger partial charge in [0, 0.05) is 23.0 Å². The molecule has 0 bridgehead atoms. The van der Waals surface area contributed by atoms with Crippen LogP contribution in [-0.4, -0.2) is 28.3 Å². The monoisotopic (exact) mass is 414 g/mol. The summed E-state index contributed by atoms with van der Waals surface area (Å²) in [5.41, 5.74) is 5.53. The van der Waals surface area contributed by atoms with Crippen molar-refractivity contribution in [1.29, 1.82) is 0 Å². The van der Waals surface area contributed by atoms with E-state index in [0.29, 0.717) is 11.4 Å². The molecule has 3 rings (SSSR count). The second-order valence-electron chi connectivity index (χ2n) is 8.81. The number of nitrogens with one attached hydrogen (secondary N) is 2. The zero-order chi connectivity index (χ0) is 21.6. The molecule has 29 heavy (non-hydrogen) atoms. The largest absolute Gasteiger partial charge is 0.379 e. The second-order valence-corrected chi connectivity index (χ2v) is 11.5. The zero-order valence-corrected chi connectivity index (χ0v) is 19.0. The molecule has 0 amide bonds. The third-order valence-electron chi connectivity index (χ3n) is 5.39. The minimum absolute atomic E-state index is 0.0691. The molecule has 0 saturated carbocycles. The van der Waals surface area contributed by atoms with Gasteiger partial charge in [-0.05, 0) is 69.9 Å². The van der Waals surface area contributed by atoms with Crippen LogP contribution in [0.2, 0.25) is 0 Å². The predicted molar refractivity (Wildman–Crippen MR) is 118 cm³/mol. The van der Waals surface area contributed by atoms with Gasteiger partial charge in [-0.1, -0.05) is 13.8 Å². The first-order valence-electron chi connectivity index (χ1n) is 9.85. The fourth-order valence-corrected chi connectivity index (χ4v) is 4.78. The number of fused-ring (bicyclic) bond motifs is 1. The minimum atomic E-state index is -3.50. The average molecular weight is 415 g/mol. The van der Waals surface area contributed by atoms with Crippen LogP contribution in [-0.2, 0) is 16.4 Å². The first kappa shape index (κ1) is 21.3. The lowest BCUT2D eigenvalue weighted by atomic mass is 10.0. The number of anilines is 1. The van der Waals surface area contributed by atoms with Crippen molar-refractivity contribution in [2.75, 3.05) is 5.32 Å². The minimum Gasteiger partial charge on any atom is -0.379 e. The van der Waals surface area contributed by atoms with Gasteiger partial charge in [-0.25, -0.2) is 8.42 Å². The van der Waals surface area contributed by atoms with Crippen molar-refractivity contribution in [2.24, 2.45) is 0 Å². The molecule has 0 unspecified atom stereocenters. The van der Waals surface area contributed by atoms with Gasteiger partial charge in [0.25, 0.3) is 0 Å². The van der Waals surface area contributed by atoms with Crippen molar-refractivity contribution in [3.8, 4) is 0 Å². The van der Waals surface area contributed by atoms with Gasteiger partial charge >= 0.3 is 0 Å². The molecule has 0 saturated heterocycles. The Morgan fingerprint density at radius 3 is 2.41 bits per heavy atom. The van der Waals surface area contributed by atoms with E-state index in [2.05, 4.69) is 20.5 Å². The SMILES string of the molecule is Cc1[nH]nc(CNc2ccnc3cc(C(C)C)c(S(=O)(=O)C(C)(C)C)cc23)c1C. The lowest BCUT2D eigenvalue weighted by Crippen LogP contribution is -2.29. The van der Waals surface area contributed by atoms with Crippen LogP contribution >= 0.6 is 0 Å². The number of benzene rings is 1. The fourth-order valence-electron chi connectivity index (χ4n) is 3.24. The fraction of sp³-hybridized carbons (Fsp3) is 0.455. The molecule has 0 atom stereocenters. The molecule has 3 aromatic rings. The van der Waals surface area contributed by atoms with Gasteiger partial charge in [0.1, 0.15) is 0 Å². The van der Waals surface area contributed by atoms with E-state index in [9.17, 15) is 8.42 Å². The van der Waals surface area contributed by atoms with E-state index in [-0.39, 0.29) is 5.92 Å². The van der Waals surface area contributed by atoms with Gasteiger partial charge in [-0.2, -0.15) is 5.10 Å². The van der Waals surface area contributed by atoms with E-state index in [0.717, 1.165) is 39.1 Å². The molecule has 0 radical (unpaired) electrons. The number of aryl methyl sites for hydroxylation is 1. The predicted octanol–water partition coefficient (Wildman–Crippen LogP) is 4.88. The Kier molecular flexibility index (Phi) is 5.47. The number of aromatic nitrogens is 3. The molecule has 0 spiro atoms. The van der Waals surface area contributed by atoms with Crippen molar-refractivity contribution < 1.29 is 8.42 Å². The van der Waals surface area contributed by atoms with Crippen LogP contribution in [0.4, 0.5) is 5.69 Å². The Morgan fingerprint density at radius 2 is 1.86 bits per heavy atom. The lowest BCUT2D eigenvalue weighted by Gasteiger charge is -2.23. The molecule has 2 aromatic heterocycles. The highest BCUT2D eigenvalue weighted by Crippen LogP contribution is 2.36. The van der Waals surface area contributed by atoms with Crippen LogP contribution in [0.1, 0.15) is 63.1 Å². The summed E-state index contributed by atoms with van der Waals surface area (Å²) in [5, 5.41) is 11.5. The van der Waals surface area contributed by atoms with Crippen LogP contribution in [0.15, 0.2) is 29.3 Å². The standard InChI is InChI=1S/C22H30N4O2S/c1-13(2)16-10-19-17(11-21(16)29(27,28)22(5,6)7)18(8-9-23-19)24-12-20-14(3)15(4)25-26-20/h8-11,13H,12H2,1-7H3,(H,23,24)(H,25,26). The van der Waals surface area contributed by atoms with Gasteiger partial charge in [-0.15, -0.1) is 0 Å². The molecule has 156 valence electrons. The van der Waals surface area contributed by atoms with E-state index in [1.807, 2.05) is 39.8 Å². The van der Waals surface area contributed by atoms with E-state index in [1.165, 1.54) is 0 Å². The lowest BCUT2D eigenvalue weighted by molar-refractivity contribution is 0.558. The van der Waals surface area contributed by atoms with Crippen molar-refractivity contribution in [3.05, 3.63) is 46.9 Å². The van der Waals surface area contributed by atoms with E-state index in [4.69, 9.17) is 0 Å². The van der Waals surface area contributed by atoms with Crippen molar-refractivity contribution in [1.82, 2.24) is 15.2 Å². The van der Waals surface area contributed by atoms with Crippen LogP contribution in [0.3, 0.4) is 0 Å². The second kappa shape index (κ2) is 7.44. The van der Waals surface area contributed by atoms with Crippen molar-refractivity contribution in [2.45, 2.75) is 70.6 Å². The maximum atomic E-state index is 13.3. The maximum absolute atomic E-state index is 13.3. The number of pyridine rings is 1. The van der Waals surface area contributed by atoms with Gasteiger partial charge < -0.3 is 5.32 Å². The smallest absolute Gasteiger partial charge is 0.183 e. The highest BCUT2D eigenvalue weighted by atomic mass is 32.2. The number of H-pyrrole nitrogens is 1. The quantitative estimate of drug-likeness (QED) is 0.621. The summed E-state index contributed by atoms with van der Waals surface area (Å²) in [5.74, 6) is 0.0691. The highest BCUT2D eigenvalue weighted by Gasteiger charge is 2.33. The van der Waals surface area contributed by atoms with Crippen LogP contribution in [0.5, 0.6) is 0 Å². The molecule has 6 nitrogen and oxygen atoms in total. The number of rotatable bonds is 5. The summed E-state index contributed by atoms with van der Waals surface area (Å²) < 4.78 is 25.7. The summed E-state index contributed by atoms with van der Waals surface area (Å²) in [6.45, 7) is 13.8. The van der Waals surface area contributed by atoms with Gasteiger partial charge in [0.05, 0.1) is 27.4 Å². The van der Waals surface area contributed by atoms with Gasteiger partial charge in [-0.3, -0.25) is 10.1 Å². The number of sulfone groups is 1. The number of aromatic amines is 1.